The van der Waals surface area contributed by atoms with Crippen molar-refractivity contribution in [3.8, 4) is 0 Å². The van der Waals surface area contributed by atoms with E-state index in [9.17, 15) is 4.79 Å². The summed E-state index contributed by atoms with van der Waals surface area (Å²) in [4.78, 5) is 18.9. The summed E-state index contributed by atoms with van der Waals surface area (Å²) in [5, 5.41) is 13.9. The SMILES string of the molecule is CCC(C)(C)n1nnnc1C(c1cc2cc(C)c(C)cc2[nH]c1=O)N1CCCC(C)C1. The third-order valence-electron chi connectivity index (χ3n) is 7.01. The predicted molar refractivity (Wildman–Crippen MR) is 123 cm³/mol. The van der Waals surface area contributed by atoms with Gasteiger partial charge in [-0.1, -0.05) is 13.8 Å². The Kier molecular flexibility index (Phi) is 5.73. The summed E-state index contributed by atoms with van der Waals surface area (Å²) >= 11 is 0. The van der Waals surface area contributed by atoms with E-state index in [0.717, 1.165) is 42.7 Å². The number of piperidine rings is 1. The zero-order valence-corrected chi connectivity index (χ0v) is 19.6. The molecule has 3 aromatic rings. The number of likely N-dealkylation sites (tertiary alicyclic amines) is 1. The Hall–Kier alpha value is -2.54. The molecule has 0 radical (unpaired) electrons. The maximum atomic E-state index is 13.4. The maximum absolute atomic E-state index is 13.4. The van der Waals surface area contributed by atoms with Crippen LogP contribution in [0.15, 0.2) is 23.0 Å². The van der Waals surface area contributed by atoms with Crippen LogP contribution in [0.1, 0.15) is 75.5 Å². The van der Waals surface area contributed by atoms with Crippen LogP contribution in [0.4, 0.5) is 0 Å². The fraction of sp³-hybridized carbons (Fsp3) is 0.583. The lowest BCUT2D eigenvalue weighted by molar-refractivity contribution is 0.135. The first kappa shape index (κ1) is 21.7. The predicted octanol–water partition coefficient (Wildman–Crippen LogP) is 4.10. The monoisotopic (exact) mass is 422 g/mol. The number of pyridine rings is 1. The number of hydrogen-bond acceptors (Lipinski definition) is 5. The van der Waals surface area contributed by atoms with E-state index in [1.165, 1.54) is 17.5 Å². The number of nitrogens with one attached hydrogen (secondary N) is 1. The van der Waals surface area contributed by atoms with Gasteiger partial charge in [-0.15, -0.1) is 5.10 Å². The van der Waals surface area contributed by atoms with Gasteiger partial charge < -0.3 is 4.98 Å². The molecule has 0 aliphatic carbocycles. The van der Waals surface area contributed by atoms with Gasteiger partial charge in [-0.3, -0.25) is 9.69 Å². The molecule has 2 atom stereocenters. The number of hydrogen-bond donors (Lipinski definition) is 1. The van der Waals surface area contributed by atoms with Crippen LogP contribution in [0.3, 0.4) is 0 Å². The van der Waals surface area contributed by atoms with Crippen molar-refractivity contribution in [2.24, 2.45) is 5.92 Å². The first-order valence-corrected chi connectivity index (χ1v) is 11.4. The van der Waals surface area contributed by atoms with E-state index in [0.29, 0.717) is 11.5 Å². The molecule has 3 heterocycles. The van der Waals surface area contributed by atoms with Gasteiger partial charge in [0.25, 0.3) is 5.56 Å². The van der Waals surface area contributed by atoms with Gasteiger partial charge >= 0.3 is 0 Å². The average molecular weight is 423 g/mol. The van der Waals surface area contributed by atoms with Crippen molar-refractivity contribution in [2.45, 2.75) is 72.4 Å². The standard InChI is InChI=1S/C24H34N6O/c1-7-24(5,6)30-22(26-27-28-30)21(29-10-8-9-15(2)14-29)19-13-18-11-16(3)17(4)12-20(18)25-23(19)31/h11-13,15,21H,7-10,14H2,1-6H3,(H,25,31). The molecule has 2 aromatic heterocycles. The van der Waals surface area contributed by atoms with E-state index < -0.39 is 0 Å². The molecule has 1 saturated heterocycles. The molecule has 0 amide bonds. The average Bonchev–Trinajstić information content (AvgIpc) is 3.21. The second-order valence-electron chi connectivity index (χ2n) is 9.84. The highest BCUT2D eigenvalue weighted by molar-refractivity contribution is 5.81. The topological polar surface area (TPSA) is 79.7 Å². The summed E-state index contributed by atoms with van der Waals surface area (Å²) in [6.07, 6.45) is 3.21. The van der Waals surface area contributed by atoms with Gasteiger partial charge in [-0.05, 0) is 105 Å². The van der Waals surface area contributed by atoms with Gasteiger partial charge in [0.15, 0.2) is 5.82 Å². The third-order valence-corrected chi connectivity index (χ3v) is 7.01. The molecule has 7 nitrogen and oxygen atoms in total. The number of fused-ring (bicyclic) bond motifs is 1. The quantitative estimate of drug-likeness (QED) is 0.670. The molecule has 1 N–H and O–H groups in total. The number of aromatic nitrogens is 5. The molecule has 0 spiro atoms. The van der Waals surface area contributed by atoms with Gasteiger partial charge in [-0.2, -0.15) is 0 Å². The molecular weight excluding hydrogens is 388 g/mol. The van der Waals surface area contributed by atoms with Gasteiger partial charge in [0.2, 0.25) is 0 Å². The van der Waals surface area contributed by atoms with Crippen LogP contribution >= 0.6 is 0 Å². The number of H-pyrrole nitrogens is 1. The molecule has 1 aliphatic rings. The Bertz CT molecular complexity index is 1140. The van der Waals surface area contributed by atoms with Crippen LogP contribution in [0, 0.1) is 19.8 Å². The first-order valence-electron chi connectivity index (χ1n) is 11.4. The zero-order chi connectivity index (χ0) is 22.3. The number of rotatable bonds is 5. The van der Waals surface area contributed by atoms with E-state index in [-0.39, 0.29) is 17.1 Å². The second-order valence-corrected chi connectivity index (χ2v) is 9.84. The smallest absolute Gasteiger partial charge is 0.253 e. The molecule has 166 valence electrons. The Labute approximate surface area is 183 Å². The minimum Gasteiger partial charge on any atom is -0.322 e. The summed E-state index contributed by atoms with van der Waals surface area (Å²) in [6.45, 7) is 14.7. The number of tetrazole rings is 1. The van der Waals surface area contributed by atoms with Crippen LogP contribution in [0.2, 0.25) is 0 Å². The lowest BCUT2D eigenvalue weighted by Crippen LogP contribution is -2.42. The Morgan fingerprint density at radius 3 is 2.68 bits per heavy atom. The van der Waals surface area contributed by atoms with Crippen molar-refractivity contribution in [1.29, 1.82) is 0 Å². The molecule has 2 unspecified atom stereocenters. The second kappa shape index (κ2) is 8.19. The lowest BCUT2D eigenvalue weighted by Gasteiger charge is -2.37. The highest BCUT2D eigenvalue weighted by atomic mass is 16.1. The fourth-order valence-electron chi connectivity index (χ4n) is 4.60. The molecule has 1 aliphatic heterocycles. The Morgan fingerprint density at radius 1 is 1.23 bits per heavy atom. The van der Waals surface area contributed by atoms with Crippen LogP contribution in [-0.4, -0.2) is 43.2 Å². The number of aromatic amines is 1. The highest BCUT2D eigenvalue weighted by Crippen LogP contribution is 2.33. The number of aryl methyl sites for hydroxylation is 2. The molecule has 0 saturated carbocycles. The molecule has 31 heavy (non-hydrogen) atoms. The maximum Gasteiger partial charge on any atom is 0.253 e. The molecule has 0 bridgehead atoms. The van der Waals surface area contributed by atoms with Crippen molar-refractivity contribution in [3.63, 3.8) is 0 Å². The molecule has 4 rings (SSSR count). The number of benzene rings is 1. The van der Waals surface area contributed by atoms with Crippen molar-refractivity contribution in [2.75, 3.05) is 13.1 Å². The summed E-state index contributed by atoms with van der Waals surface area (Å²) in [6, 6.07) is 5.97. The summed E-state index contributed by atoms with van der Waals surface area (Å²) in [5.74, 6) is 1.32. The molecule has 7 heteroatoms. The number of nitrogens with zero attached hydrogens (tertiary/aromatic N) is 5. The van der Waals surface area contributed by atoms with Crippen molar-refractivity contribution in [1.82, 2.24) is 30.1 Å². The minimum absolute atomic E-state index is 0.0668. The zero-order valence-electron chi connectivity index (χ0n) is 19.6. The van der Waals surface area contributed by atoms with Crippen molar-refractivity contribution < 1.29 is 0 Å². The fourth-order valence-corrected chi connectivity index (χ4v) is 4.60. The van der Waals surface area contributed by atoms with E-state index in [1.54, 1.807) is 0 Å². The van der Waals surface area contributed by atoms with Crippen molar-refractivity contribution in [3.05, 3.63) is 51.1 Å². The van der Waals surface area contributed by atoms with E-state index in [4.69, 9.17) is 0 Å². The minimum atomic E-state index is -0.279. The molecule has 1 fully saturated rings. The van der Waals surface area contributed by atoms with Crippen LogP contribution in [0.5, 0.6) is 0 Å². The lowest BCUT2D eigenvalue weighted by atomic mass is 9.94. The summed E-state index contributed by atoms with van der Waals surface area (Å²) < 4.78 is 1.92. The van der Waals surface area contributed by atoms with Crippen LogP contribution < -0.4 is 5.56 Å². The normalized spacial score (nSPS) is 19.1. The van der Waals surface area contributed by atoms with Gasteiger partial charge in [-0.25, -0.2) is 4.68 Å². The Balaban J connectivity index is 1.92. The molecular formula is C24H34N6O. The van der Waals surface area contributed by atoms with Gasteiger partial charge in [0.1, 0.15) is 6.04 Å². The third kappa shape index (κ3) is 4.03. The largest absolute Gasteiger partial charge is 0.322 e. The van der Waals surface area contributed by atoms with E-state index >= 15 is 0 Å². The van der Waals surface area contributed by atoms with Crippen LogP contribution in [-0.2, 0) is 5.54 Å². The van der Waals surface area contributed by atoms with Gasteiger partial charge in [0, 0.05) is 17.6 Å². The van der Waals surface area contributed by atoms with Gasteiger partial charge in [0.05, 0.1) is 5.54 Å². The van der Waals surface area contributed by atoms with Crippen LogP contribution in [0.25, 0.3) is 10.9 Å². The Morgan fingerprint density at radius 2 is 1.97 bits per heavy atom. The van der Waals surface area contributed by atoms with E-state index in [2.05, 4.69) is 79.1 Å². The van der Waals surface area contributed by atoms with Crippen molar-refractivity contribution >= 4 is 10.9 Å². The molecule has 1 aromatic carbocycles. The summed E-state index contributed by atoms with van der Waals surface area (Å²) in [5.41, 5.74) is 3.67. The first-order chi connectivity index (χ1) is 14.7. The van der Waals surface area contributed by atoms with E-state index in [1.807, 2.05) is 10.7 Å². The summed E-state index contributed by atoms with van der Waals surface area (Å²) in [7, 11) is 0. The highest BCUT2D eigenvalue weighted by Gasteiger charge is 2.35.